The van der Waals surface area contributed by atoms with Crippen molar-refractivity contribution in [2.45, 2.75) is 4.90 Å². The molecule has 1 aromatic rings. The highest BCUT2D eigenvalue weighted by Crippen LogP contribution is 2.37. The number of carbonyl (C=O) groups is 2. The lowest BCUT2D eigenvalue weighted by Crippen LogP contribution is -2.01. The van der Waals surface area contributed by atoms with E-state index in [0.717, 1.165) is 11.8 Å². The normalized spacial score (nSPS) is 15.1. The van der Waals surface area contributed by atoms with Crippen LogP contribution in [0.5, 0.6) is 0 Å². The van der Waals surface area contributed by atoms with Gasteiger partial charge in [0, 0.05) is 10.5 Å². The van der Waals surface area contributed by atoms with Gasteiger partial charge in [-0.1, -0.05) is 17.7 Å². The Hall–Kier alpha value is -0.800. The van der Waals surface area contributed by atoms with Crippen molar-refractivity contribution in [2.75, 3.05) is 0 Å². The molecule has 0 atom stereocenters. The zero-order chi connectivity index (χ0) is 8.72. The van der Waals surface area contributed by atoms with Crippen molar-refractivity contribution in [3.8, 4) is 0 Å². The van der Waals surface area contributed by atoms with Crippen LogP contribution < -0.4 is 0 Å². The highest BCUT2D eigenvalue weighted by molar-refractivity contribution is 8.16. The largest absolute Gasteiger partial charge is 0.284 e. The van der Waals surface area contributed by atoms with E-state index in [2.05, 4.69) is 0 Å². The van der Waals surface area contributed by atoms with Crippen molar-refractivity contribution in [1.29, 1.82) is 0 Å². The number of fused-ring (bicyclic) bond motifs is 1. The first-order valence-electron chi connectivity index (χ1n) is 3.25. The molecule has 0 fully saturated rings. The highest BCUT2D eigenvalue weighted by atomic mass is 35.5. The van der Waals surface area contributed by atoms with Gasteiger partial charge in [-0.25, -0.2) is 0 Å². The fourth-order valence-corrected chi connectivity index (χ4v) is 2.15. The summed E-state index contributed by atoms with van der Waals surface area (Å²) in [4.78, 5) is 22.6. The van der Waals surface area contributed by atoms with Gasteiger partial charge in [0.25, 0.3) is 5.12 Å². The molecule has 12 heavy (non-hydrogen) atoms. The molecule has 0 spiro atoms. The molecule has 0 aliphatic carbocycles. The van der Waals surface area contributed by atoms with Crippen LogP contribution >= 0.6 is 23.4 Å². The first kappa shape index (κ1) is 7.83. The predicted octanol–water partition coefficient (Wildman–Crippen LogP) is 2.15. The maximum absolute atomic E-state index is 11.1. The van der Waals surface area contributed by atoms with Crippen LogP contribution in [0.3, 0.4) is 0 Å². The molecule has 2 nitrogen and oxygen atoms in total. The average Bonchev–Trinajstić information content (AvgIpc) is 2.32. The first-order chi connectivity index (χ1) is 5.70. The molecule has 0 saturated heterocycles. The van der Waals surface area contributed by atoms with Crippen LogP contribution in [0.25, 0.3) is 0 Å². The van der Waals surface area contributed by atoms with Crippen molar-refractivity contribution < 1.29 is 9.59 Å². The Morgan fingerprint density at radius 2 is 2.00 bits per heavy atom. The Labute approximate surface area is 77.9 Å². The smallest absolute Gasteiger partial charge is 0.264 e. The minimum atomic E-state index is -0.447. The van der Waals surface area contributed by atoms with E-state index in [-0.39, 0.29) is 0 Å². The number of halogens is 1. The molecule has 0 amide bonds. The Morgan fingerprint density at radius 3 is 2.67 bits per heavy atom. The molecule has 1 heterocycles. The minimum absolute atomic E-state index is 0.428. The Morgan fingerprint density at radius 1 is 1.25 bits per heavy atom. The summed E-state index contributed by atoms with van der Waals surface area (Å²) in [6.07, 6.45) is 0. The van der Waals surface area contributed by atoms with E-state index in [1.54, 1.807) is 18.2 Å². The van der Waals surface area contributed by atoms with Gasteiger partial charge in [-0.15, -0.1) is 0 Å². The van der Waals surface area contributed by atoms with Crippen LogP contribution in [0.1, 0.15) is 10.4 Å². The number of rotatable bonds is 0. The second-order valence-corrected chi connectivity index (χ2v) is 3.73. The highest BCUT2D eigenvalue weighted by Gasteiger charge is 2.30. The van der Waals surface area contributed by atoms with Crippen LogP contribution in [-0.2, 0) is 4.79 Å². The second-order valence-electron chi connectivity index (χ2n) is 2.34. The van der Waals surface area contributed by atoms with E-state index in [9.17, 15) is 9.59 Å². The van der Waals surface area contributed by atoms with Crippen LogP contribution in [0.2, 0.25) is 5.02 Å². The van der Waals surface area contributed by atoms with Gasteiger partial charge in [0.15, 0.2) is 0 Å². The predicted molar refractivity (Wildman–Crippen MR) is 46.6 cm³/mol. The van der Waals surface area contributed by atoms with Crippen molar-refractivity contribution in [1.82, 2.24) is 0 Å². The summed E-state index contributed by atoms with van der Waals surface area (Å²) in [5, 5.41) is 0.0230. The standard InChI is InChI=1S/C8H3ClO2S/c9-5-3-1-2-4-6(10)8(11)12-7(4)5/h1-3H. The van der Waals surface area contributed by atoms with Crippen molar-refractivity contribution in [2.24, 2.45) is 0 Å². The molecule has 1 aliphatic heterocycles. The maximum Gasteiger partial charge on any atom is 0.264 e. The van der Waals surface area contributed by atoms with Crippen LogP contribution in [0.4, 0.5) is 0 Å². The molecule has 1 aliphatic rings. The molecular weight excluding hydrogens is 196 g/mol. The van der Waals surface area contributed by atoms with Crippen LogP contribution in [-0.4, -0.2) is 10.9 Å². The van der Waals surface area contributed by atoms with Crippen molar-refractivity contribution in [3.05, 3.63) is 28.8 Å². The molecule has 60 valence electrons. The van der Waals surface area contributed by atoms with Gasteiger partial charge in [0.1, 0.15) is 0 Å². The number of hydrogen-bond donors (Lipinski definition) is 0. The molecule has 0 unspecified atom stereocenters. The van der Waals surface area contributed by atoms with Gasteiger partial charge in [0.05, 0.1) is 5.02 Å². The summed E-state index contributed by atoms with van der Waals surface area (Å²) < 4.78 is 0. The van der Waals surface area contributed by atoms with Crippen molar-refractivity contribution in [3.63, 3.8) is 0 Å². The molecule has 0 radical (unpaired) electrons. The fraction of sp³-hybridized carbons (Fsp3) is 0. The molecule has 2 rings (SSSR count). The van der Waals surface area contributed by atoms with E-state index in [1.165, 1.54) is 0 Å². The number of benzene rings is 1. The van der Waals surface area contributed by atoms with E-state index in [1.807, 2.05) is 0 Å². The van der Waals surface area contributed by atoms with E-state index in [4.69, 9.17) is 11.6 Å². The van der Waals surface area contributed by atoms with Gasteiger partial charge in [-0.05, 0) is 23.9 Å². The number of carbonyl (C=O) groups excluding carboxylic acids is 2. The molecular formula is C8H3ClO2S. The van der Waals surface area contributed by atoms with E-state index >= 15 is 0 Å². The number of hydrogen-bond acceptors (Lipinski definition) is 3. The summed E-state index contributed by atoms with van der Waals surface area (Å²) in [5.74, 6) is -0.447. The third kappa shape index (κ3) is 0.974. The second kappa shape index (κ2) is 2.61. The molecule has 0 saturated carbocycles. The topological polar surface area (TPSA) is 34.1 Å². The number of ketones is 1. The molecule has 0 bridgehead atoms. The maximum atomic E-state index is 11.1. The Bertz CT molecular complexity index is 387. The SMILES string of the molecule is O=C1Sc2c(Cl)cccc2C1=O. The average molecular weight is 199 g/mol. The van der Waals surface area contributed by atoms with Crippen LogP contribution in [0.15, 0.2) is 23.1 Å². The Kier molecular flexibility index (Phi) is 1.70. The zero-order valence-electron chi connectivity index (χ0n) is 5.83. The van der Waals surface area contributed by atoms with Gasteiger partial charge >= 0.3 is 0 Å². The minimum Gasteiger partial charge on any atom is -0.284 e. The van der Waals surface area contributed by atoms with E-state index in [0.29, 0.717) is 15.5 Å². The van der Waals surface area contributed by atoms with Crippen molar-refractivity contribution >= 4 is 34.3 Å². The zero-order valence-corrected chi connectivity index (χ0v) is 7.41. The third-order valence-electron chi connectivity index (χ3n) is 1.59. The number of Topliss-reactive ketones (excluding diaryl/α,β-unsaturated/α-hetero) is 1. The quantitative estimate of drug-likeness (QED) is 0.599. The number of thioether (sulfide) groups is 1. The summed E-state index contributed by atoms with van der Waals surface area (Å²) >= 11 is 6.68. The van der Waals surface area contributed by atoms with Gasteiger partial charge in [0.2, 0.25) is 5.78 Å². The summed E-state index contributed by atoms with van der Waals surface area (Å²) in [6.45, 7) is 0. The molecule has 1 aromatic carbocycles. The first-order valence-corrected chi connectivity index (χ1v) is 4.44. The van der Waals surface area contributed by atoms with Crippen LogP contribution in [0, 0.1) is 0 Å². The lowest BCUT2D eigenvalue weighted by atomic mass is 10.1. The fourth-order valence-electron chi connectivity index (χ4n) is 1.04. The lowest BCUT2D eigenvalue weighted by molar-refractivity contribution is -0.107. The lowest BCUT2D eigenvalue weighted by Gasteiger charge is -1.95. The summed E-state index contributed by atoms with van der Waals surface area (Å²) in [5.41, 5.74) is 0.428. The van der Waals surface area contributed by atoms with Gasteiger partial charge < -0.3 is 0 Å². The van der Waals surface area contributed by atoms with E-state index < -0.39 is 10.9 Å². The molecule has 0 aromatic heterocycles. The summed E-state index contributed by atoms with van der Waals surface area (Å²) in [7, 11) is 0. The monoisotopic (exact) mass is 198 g/mol. The molecule has 4 heteroatoms. The Balaban J connectivity index is 2.68. The van der Waals surface area contributed by atoms with Gasteiger partial charge in [-0.2, -0.15) is 0 Å². The van der Waals surface area contributed by atoms with Gasteiger partial charge in [-0.3, -0.25) is 9.59 Å². The summed E-state index contributed by atoms with van der Waals surface area (Å²) in [6, 6.07) is 4.94. The third-order valence-corrected chi connectivity index (χ3v) is 3.03. The molecule has 0 N–H and O–H groups in total.